The van der Waals surface area contributed by atoms with Gasteiger partial charge in [-0.15, -0.1) is 0 Å². The first-order valence-electron chi connectivity index (χ1n) is 10.4. The Morgan fingerprint density at radius 3 is 2.79 bits per heavy atom. The van der Waals surface area contributed by atoms with Gasteiger partial charge in [-0.3, -0.25) is 4.68 Å². The number of hydrogen-bond acceptors (Lipinski definition) is 2. The molecule has 3 heteroatoms. The van der Waals surface area contributed by atoms with Crippen LogP contribution in [0, 0.1) is 0 Å². The number of allylic oxidation sites excluding steroid dienone is 4. The highest BCUT2D eigenvalue weighted by Crippen LogP contribution is 2.30. The summed E-state index contributed by atoms with van der Waals surface area (Å²) in [6.07, 6.45) is 12.9. The zero-order chi connectivity index (χ0) is 19.8. The molecule has 0 aliphatic carbocycles. The van der Waals surface area contributed by atoms with Gasteiger partial charge in [-0.25, -0.2) is 0 Å². The van der Waals surface area contributed by atoms with Crippen molar-refractivity contribution in [1.29, 1.82) is 0 Å². The molecule has 28 heavy (non-hydrogen) atoms. The Kier molecular flexibility index (Phi) is 7.44. The Bertz CT molecular complexity index is 814. The predicted octanol–water partition coefficient (Wildman–Crippen LogP) is 5.74. The van der Waals surface area contributed by atoms with Crippen LogP contribution in [-0.2, 0) is 7.05 Å². The maximum atomic E-state index is 4.87. The molecular weight excluding hydrogens is 342 g/mol. The summed E-state index contributed by atoms with van der Waals surface area (Å²) in [6.45, 7) is 9.44. The van der Waals surface area contributed by atoms with Crippen LogP contribution in [0.4, 0.5) is 0 Å². The fraction of sp³-hybridized carbons (Fsp3) is 0.400. The van der Waals surface area contributed by atoms with E-state index in [0.29, 0.717) is 5.92 Å². The number of rotatable bonds is 7. The maximum Gasteiger partial charge on any atom is 0.0681 e. The van der Waals surface area contributed by atoms with Crippen LogP contribution in [0.1, 0.15) is 44.2 Å². The normalized spacial score (nSPS) is 19.1. The fourth-order valence-corrected chi connectivity index (χ4v) is 3.96. The summed E-state index contributed by atoms with van der Waals surface area (Å²) >= 11 is 0. The molecule has 2 heterocycles. The SMILES string of the molecule is C=C/C=C\C=C(/C)CCN1CCCC(c2cc(-c3ccccc3)n(C)n2)CC1. The topological polar surface area (TPSA) is 21.1 Å². The summed E-state index contributed by atoms with van der Waals surface area (Å²) in [5.41, 5.74) is 5.14. The van der Waals surface area contributed by atoms with Crippen LogP contribution in [0.25, 0.3) is 11.3 Å². The van der Waals surface area contributed by atoms with E-state index in [4.69, 9.17) is 5.10 Å². The molecule has 0 bridgehead atoms. The van der Waals surface area contributed by atoms with Gasteiger partial charge in [0.05, 0.1) is 11.4 Å². The minimum Gasteiger partial charge on any atom is -0.303 e. The first kappa shape index (κ1) is 20.3. The minimum absolute atomic E-state index is 0.570. The molecule has 0 amide bonds. The number of hydrogen-bond donors (Lipinski definition) is 0. The third-order valence-corrected chi connectivity index (χ3v) is 5.66. The average Bonchev–Trinajstić information content (AvgIpc) is 2.94. The standard InChI is InChI=1S/C25H33N3/c1-4-5-7-11-21(2)15-18-28-17-10-14-22(16-19-28)24-20-25(27(3)26-24)23-12-8-6-9-13-23/h4-9,11-13,20,22H,1,10,14-19H2,2-3H3/b7-5-,21-11+. The van der Waals surface area contributed by atoms with Gasteiger partial charge >= 0.3 is 0 Å². The molecule has 3 rings (SSSR count). The fourth-order valence-electron chi connectivity index (χ4n) is 3.96. The van der Waals surface area contributed by atoms with E-state index in [9.17, 15) is 0 Å². The second-order valence-electron chi connectivity index (χ2n) is 7.80. The minimum atomic E-state index is 0.570. The number of nitrogens with zero attached hydrogens (tertiary/aromatic N) is 3. The van der Waals surface area contributed by atoms with Crippen LogP contribution in [0.15, 0.2) is 72.9 Å². The van der Waals surface area contributed by atoms with Gasteiger partial charge in [-0.1, -0.05) is 66.8 Å². The van der Waals surface area contributed by atoms with E-state index < -0.39 is 0 Å². The highest BCUT2D eigenvalue weighted by Gasteiger charge is 2.21. The molecule has 148 valence electrons. The molecule has 1 aliphatic heterocycles. The van der Waals surface area contributed by atoms with Gasteiger partial charge in [0.1, 0.15) is 0 Å². The molecule has 0 radical (unpaired) electrons. The lowest BCUT2D eigenvalue weighted by molar-refractivity contribution is 0.287. The van der Waals surface area contributed by atoms with Gasteiger partial charge in [0, 0.05) is 19.5 Å². The van der Waals surface area contributed by atoms with Gasteiger partial charge in [-0.2, -0.15) is 5.10 Å². The molecule has 1 aliphatic rings. The predicted molar refractivity (Wildman–Crippen MR) is 119 cm³/mol. The maximum absolute atomic E-state index is 4.87. The molecule has 1 aromatic heterocycles. The number of aryl methyl sites for hydroxylation is 1. The smallest absolute Gasteiger partial charge is 0.0681 e. The van der Waals surface area contributed by atoms with Crippen molar-refractivity contribution in [2.75, 3.05) is 19.6 Å². The zero-order valence-electron chi connectivity index (χ0n) is 17.3. The summed E-state index contributed by atoms with van der Waals surface area (Å²) in [7, 11) is 2.06. The van der Waals surface area contributed by atoms with Crippen LogP contribution in [0.2, 0.25) is 0 Å². The van der Waals surface area contributed by atoms with Crippen molar-refractivity contribution in [2.24, 2.45) is 7.05 Å². The lowest BCUT2D eigenvalue weighted by Gasteiger charge is -2.20. The molecule has 0 N–H and O–H groups in total. The van der Waals surface area contributed by atoms with Crippen LogP contribution in [0.5, 0.6) is 0 Å². The molecule has 1 saturated heterocycles. The van der Waals surface area contributed by atoms with E-state index in [1.54, 1.807) is 0 Å². The van der Waals surface area contributed by atoms with Gasteiger partial charge in [0.2, 0.25) is 0 Å². The van der Waals surface area contributed by atoms with Crippen LogP contribution in [0.3, 0.4) is 0 Å². The summed E-state index contributed by atoms with van der Waals surface area (Å²) in [4.78, 5) is 2.62. The molecule has 1 fully saturated rings. The second kappa shape index (κ2) is 10.2. The monoisotopic (exact) mass is 375 g/mol. The quantitative estimate of drug-likeness (QED) is 0.576. The Morgan fingerprint density at radius 2 is 2.00 bits per heavy atom. The first-order chi connectivity index (χ1) is 13.7. The summed E-state index contributed by atoms with van der Waals surface area (Å²) in [5.74, 6) is 0.570. The third-order valence-electron chi connectivity index (χ3n) is 5.66. The van der Waals surface area contributed by atoms with Crippen molar-refractivity contribution in [1.82, 2.24) is 14.7 Å². The van der Waals surface area contributed by atoms with Crippen LogP contribution < -0.4 is 0 Å². The van der Waals surface area contributed by atoms with E-state index in [-0.39, 0.29) is 0 Å². The molecular formula is C25H33N3. The van der Waals surface area contributed by atoms with Gasteiger partial charge in [0.25, 0.3) is 0 Å². The number of benzene rings is 1. The molecule has 2 aromatic rings. The van der Waals surface area contributed by atoms with Gasteiger partial charge in [0.15, 0.2) is 0 Å². The highest BCUT2D eigenvalue weighted by atomic mass is 15.3. The van der Waals surface area contributed by atoms with E-state index in [0.717, 1.165) is 19.5 Å². The first-order valence-corrected chi connectivity index (χ1v) is 10.4. The van der Waals surface area contributed by atoms with E-state index >= 15 is 0 Å². The van der Waals surface area contributed by atoms with E-state index in [1.165, 1.54) is 48.3 Å². The summed E-state index contributed by atoms with van der Waals surface area (Å²) in [5, 5.41) is 4.87. The lowest BCUT2D eigenvalue weighted by Crippen LogP contribution is -2.26. The van der Waals surface area contributed by atoms with Crippen molar-refractivity contribution in [3.8, 4) is 11.3 Å². The Labute approximate surface area is 170 Å². The zero-order valence-corrected chi connectivity index (χ0v) is 17.3. The van der Waals surface area contributed by atoms with Gasteiger partial charge < -0.3 is 4.90 Å². The summed E-state index contributed by atoms with van der Waals surface area (Å²) in [6, 6.07) is 12.9. The van der Waals surface area contributed by atoms with E-state index in [1.807, 2.05) is 16.8 Å². The lowest BCUT2D eigenvalue weighted by atomic mass is 9.96. The second-order valence-corrected chi connectivity index (χ2v) is 7.80. The summed E-state index contributed by atoms with van der Waals surface area (Å²) < 4.78 is 2.04. The molecule has 1 atom stereocenters. The Balaban J connectivity index is 1.58. The van der Waals surface area contributed by atoms with Crippen molar-refractivity contribution in [3.63, 3.8) is 0 Å². The molecule has 3 nitrogen and oxygen atoms in total. The third kappa shape index (κ3) is 5.56. The van der Waals surface area contributed by atoms with Crippen LogP contribution in [-0.4, -0.2) is 34.3 Å². The Morgan fingerprint density at radius 1 is 1.18 bits per heavy atom. The van der Waals surface area contributed by atoms with Crippen LogP contribution >= 0.6 is 0 Å². The van der Waals surface area contributed by atoms with E-state index in [2.05, 4.69) is 74.0 Å². The number of aromatic nitrogens is 2. The number of likely N-dealkylation sites (tertiary alicyclic amines) is 1. The highest BCUT2D eigenvalue weighted by molar-refractivity contribution is 5.59. The van der Waals surface area contributed by atoms with Crippen molar-refractivity contribution >= 4 is 0 Å². The van der Waals surface area contributed by atoms with Crippen molar-refractivity contribution in [2.45, 2.75) is 38.5 Å². The largest absolute Gasteiger partial charge is 0.303 e. The molecule has 1 unspecified atom stereocenters. The average molecular weight is 376 g/mol. The molecule has 0 spiro atoms. The Hall–Kier alpha value is -2.39. The van der Waals surface area contributed by atoms with Gasteiger partial charge in [-0.05, 0) is 57.3 Å². The van der Waals surface area contributed by atoms with Crippen molar-refractivity contribution in [3.05, 3.63) is 78.5 Å². The molecule has 1 aromatic carbocycles. The van der Waals surface area contributed by atoms with Crippen molar-refractivity contribution < 1.29 is 0 Å². The molecule has 0 saturated carbocycles.